The Bertz CT molecular complexity index is 368. The molecule has 1 N–H and O–H groups in total. The highest BCUT2D eigenvalue weighted by Gasteiger charge is 2.14. The molecule has 0 heterocycles. The molecule has 1 rings (SSSR count). The number of nitrogens with one attached hydrogen (secondary N) is 1. The molecular weight excluding hydrogens is 193 g/mol. The minimum atomic E-state index is -0.251. The van der Waals surface area contributed by atoms with Crippen LogP contribution in [0.25, 0.3) is 0 Å². The molecule has 0 radical (unpaired) electrons. The minimum Gasteiger partial charge on any atom is -0.270 e. The largest absolute Gasteiger partial charge is 0.352 e. The van der Waals surface area contributed by atoms with Crippen molar-refractivity contribution in [3.8, 4) is 0 Å². The van der Waals surface area contributed by atoms with Crippen LogP contribution in [0.15, 0.2) is 24.3 Å². The summed E-state index contributed by atoms with van der Waals surface area (Å²) in [5, 5.41) is 3.04. The van der Waals surface area contributed by atoms with Gasteiger partial charge in [0.2, 0.25) is 0 Å². The molecule has 3 nitrogen and oxygen atoms in total. The van der Waals surface area contributed by atoms with Crippen molar-refractivity contribution in [2.45, 2.75) is 0 Å². The van der Waals surface area contributed by atoms with Crippen LogP contribution >= 0.6 is 0 Å². The molecule has 0 saturated carbocycles. The molecule has 0 unspecified atom stereocenters. The third-order valence-electron chi connectivity index (χ3n) is 1.97. The quantitative estimate of drug-likeness (QED) is 0.429. The topological polar surface area (TPSA) is 18.3 Å². The van der Waals surface area contributed by atoms with Gasteiger partial charge in [0.15, 0.2) is 5.82 Å². The van der Waals surface area contributed by atoms with E-state index in [9.17, 15) is 4.39 Å². The first kappa shape index (κ1) is 11.5. The number of benzene rings is 1. The van der Waals surface area contributed by atoms with Gasteiger partial charge in [-0.15, -0.1) is 0 Å². The molecule has 0 aliphatic carbocycles. The van der Waals surface area contributed by atoms with Crippen LogP contribution in [0.4, 0.5) is 10.1 Å². The third kappa shape index (κ3) is 2.94. The van der Waals surface area contributed by atoms with E-state index in [0.29, 0.717) is 5.69 Å². The van der Waals surface area contributed by atoms with E-state index < -0.39 is 0 Å². The Morgan fingerprint density at radius 2 is 1.87 bits per heavy atom. The minimum absolute atomic E-state index is 0.251. The highest BCUT2D eigenvalue weighted by molar-refractivity contribution is 5.89. The number of nitrogens with zero attached hydrogens (tertiary/aromatic N) is 2. The number of anilines is 1. The van der Waals surface area contributed by atoms with Crippen LogP contribution in [0.3, 0.4) is 0 Å². The molecule has 1 aromatic carbocycles. The first-order valence-electron chi connectivity index (χ1n) is 4.75. The smallest absolute Gasteiger partial charge is 0.270 e. The van der Waals surface area contributed by atoms with Crippen LogP contribution in [0.5, 0.6) is 0 Å². The second-order valence-corrected chi connectivity index (χ2v) is 3.72. The maximum atomic E-state index is 13.4. The lowest BCUT2D eigenvalue weighted by atomic mass is 10.3. The first-order valence-corrected chi connectivity index (χ1v) is 4.75. The molecule has 0 saturated heterocycles. The first-order chi connectivity index (χ1) is 7.02. The zero-order chi connectivity index (χ0) is 11.4. The summed E-state index contributed by atoms with van der Waals surface area (Å²) in [6.07, 6.45) is 0. The number of rotatable bonds is 1. The van der Waals surface area contributed by atoms with Gasteiger partial charge < -0.3 is 0 Å². The van der Waals surface area contributed by atoms with Crippen molar-refractivity contribution in [3.63, 3.8) is 0 Å². The summed E-state index contributed by atoms with van der Waals surface area (Å²) in [7, 11) is 7.62. The van der Waals surface area contributed by atoms with Gasteiger partial charge in [0, 0.05) is 0 Å². The predicted molar refractivity (Wildman–Crippen MR) is 60.8 cm³/mol. The van der Waals surface area contributed by atoms with Gasteiger partial charge in [-0.2, -0.15) is 0 Å². The monoisotopic (exact) mass is 210 g/mol. The Balaban J connectivity index is 2.95. The summed E-state index contributed by atoms with van der Waals surface area (Å²) < 4.78 is 15.3. The Kier molecular flexibility index (Phi) is 3.66. The van der Waals surface area contributed by atoms with Crippen molar-refractivity contribution in [1.29, 1.82) is 0 Å². The van der Waals surface area contributed by atoms with E-state index in [-0.39, 0.29) is 5.82 Å². The van der Waals surface area contributed by atoms with Gasteiger partial charge in [-0.3, -0.25) is 9.48 Å². The highest BCUT2D eigenvalue weighted by atomic mass is 19.1. The van der Waals surface area contributed by atoms with Crippen LogP contribution in [0.2, 0.25) is 0 Å². The second-order valence-electron chi connectivity index (χ2n) is 3.72. The standard InChI is InChI=1S/C11H16FN3/c1-14(2)11(15(3)4)13-10-8-6-5-7-9(10)12/h5-8H,1-4H3/p+1. The fourth-order valence-corrected chi connectivity index (χ4v) is 1.31. The maximum Gasteiger partial charge on any atom is 0.352 e. The van der Waals surface area contributed by atoms with Crippen molar-refractivity contribution in [2.75, 3.05) is 33.5 Å². The average Bonchev–Trinajstić information content (AvgIpc) is 2.15. The summed E-state index contributed by atoms with van der Waals surface area (Å²) in [6, 6.07) is 6.62. The second kappa shape index (κ2) is 4.77. The average molecular weight is 210 g/mol. The molecule has 0 aromatic heterocycles. The van der Waals surface area contributed by atoms with Crippen LogP contribution < -0.4 is 5.32 Å². The van der Waals surface area contributed by atoms with Crippen LogP contribution in [-0.2, 0) is 0 Å². The summed E-state index contributed by atoms with van der Waals surface area (Å²) in [6.45, 7) is 0. The maximum absolute atomic E-state index is 13.4. The summed E-state index contributed by atoms with van der Waals surface area (Å²) in [5.74, 6) is 0.582. The van der Waals surface area contributed by atoms with Crippen LogP contribution in [0, 0.1) is 5.82 Å². The molecule has 0 spiro atoms. The Morgan fingerprint density at radius 3 is 2.33 bits per heavy atom. The third-order valence-corrected chi connectivity index (χ3v) is 1.97. The highest BCUT2D eigenvalue weighted by Crippen LogP contribution is 2.12. The zero-order valence-corrected chi connectivity index (χ0v) is 9.58. The van der Waals surface area contributed by atoms with E-state index in [1.54, 1.807) is 18.2 Å². The van der Waals surface area contributed by atoms with Gasteiger partial charge in [0.05, 0.1) is 28.2 Å². The van der Waals surface area contributed by atoms with Crippen LogP contribution in [0.1, 0.15) is 0 Å². The fourth-order valence-electron chi connectivity index (χ4n) is 1.31. The Labute approximate surface area is 89.8 Å². The van der Waals surface area contributed by atoms with E-state index >= 15 is 0 Å². The van der Waals surface area contributed by atoms with Gasteiger partial charge >= 0.3 is 5.96 Å². The number of halogens is 1. The Hall–Kier alpha value is -1.58. The normalized spacial score (nSPS) is 9.67. The van der Waals surface area contributed by atoms with E-state index in [0.717, 1.165) is 5.96 Å². The molecule has 4 heteroatoms. The summed E-state index contributed by atoms with van der Waals surface area (Å²) >= 11 is 0. The predicted octanol–water partition coefficient (Wildman–Crippen LogP) is 1.43. The van der Waals surface area contributed by atoms with E-state index in [2.05, 4.69) is 5.32 Å². The number of para-hydroxylation sites is 1. The van der Waals surface area contributed by atoms with Crippen molar-refractivity contribution in [3.05, 3.63) is 30.1 Å². The summed E-state index contributed by atoms with van der Waals surface area (Å²) in [4.78, 5) is 1.90. The zero-order valence-electron chi connectivity index (χ0n) is 9.58. The van der Waals surface area contributed by atoms with Crippen molar-refractivity contribution in [1.82, 2.24) is 4.90 Å². The fraction of sp³-hybridized carbons (Fsp3) is 0.364. The molecule has 0 bridgehead atoms. The van der Waals surface area contributed by atoms with Gasteiger partial charge in [-0.1, -0.05) is 12.1 Å². The molecule has 0 amide bonds. The molecule has 0 aliphatic rings. The molecule has 1 aromatic rings. The molecule has 82 valence electrons. The number of hydrogen-bond donors (Lipinski definition) is 1. The lowest BCUT2D eigenvalue weighted by molar-refractivity contribution is -0.469. The van der Waals surface area contributed by atoms with E-state index in [4.69, 9.17) is 0 Å². The van der Waals surface area contributed by atoms with Crippen LogP contribution in [-0.4, -0.2) is 43.6 Å². The lowest BCUT2D eigenvalue weighted by Gasteiger charge is -2.12. The SMILES string of the molecule is CN(C)C(Nc1ccccc1F)=[N+](C)C. The lowest BCUT2D eigenvalue weighted by Crippen LogP contribution is -2.36. The van der Waals surface area contributed by atoms with E-state index in [1.807, 2.05) is 37.7 Å². The van der Waals surface area contributed by atoms with Gasteiger partial charge in [0.25, 0.3) is 0 Å². The van der Waals surface area contributed by atoms with Gasteiger partial charge in [0.1, 0.15) is 5.69 Å². The number of hydrogen-bond acceptors (Lipinski definition) is 0. The molecule has 0 fully saturated rings. The van der Waals surface area contributed by atoms with E-state index in [1.165, 1.54) is 6.07 Å². The molecule has 0 aliphatic heterocycles. The Morgan fingerprint density at radius 1 is 1.27 bits per heavy atom. The molecular formula is C11H17FN3+. The van der Waals surface area contributed by atoms with Crippen molar-refractivity contribution >= 4 is 11.6 Å². The summed E-state index contributed by atoms with van der Waals surface area (Å²) in [5.41, 5.74) is 0.481. The van der Waals surface area contributed by atoms with Gasteiger partial charge in [-0.25, -0.2) is 9.71 Å². The number of guanidine groups is 1. The molecule has 0 atom stereocenters. The van der Waals surface area contributed by atoms with Gasteiger partial charge in [-0.05, 0) is 12.1 Å². The van der Waals surface area contributed by atoms with Crippen molar-refractivity contribution in [2.24, 2.45) is 0 Å². The van der Waals surface area contributed by atoms with Crippen molar-refractivity contribution < 1.29 is 8.97 Å². The molecule has 15 heavy (non-hydrogen) atoms.